The molecule has 3 rings (SSSR count). The van der Waals surface area contributed by atoms with Gasteiger partial charge >= 0.3 is 5.97 Å². The van der Waals surface area contributed by atoms with Gasteiger partial charge in [-0.05, 0) is 38.3 Å². The normalized spacial score (nSPS) is 23.5. The van der Waals surface area contributed by atoms with E-state index < -0.39 is 6.29 Å². The quantitative estimate of drug-likeness (QED) is 0.489. The van der Waals surface area contributed by atoms with Gasteiger partial charge in [-0.1, -0.05) is 18.2 Å². The van der Waals surface area contributed by atoms with Crippen molar-refractivity contribution in [3.05, 3.63) is 53.8 Å². The fraction of sp³-hybridized carbons (Fsp3) is 0.333. The lowest BCUT2D eigenvalue weighted by Crippen LogP contribution is -2.31. The molecule has 0 aliphatic carbocycles. The van der Waals surface area contributed by atoms with E-state index in [-0.39, 0.29) is 11.9 Å². The zero-order valence-corrected chi connectivity index (χ0v) is 13.0. The molecule has 5 heteroatoms. The highest BCUT2D eigenvalue weighted by molar-refractivity contribution is 6.05. The molecule has 5 nitrogen and oxygen atoms in total. The van der Waals surface area contributed by atoms with Gasteiger partial charge in [0.15, 0.2) is 0 Å². The summed E-state index contributed by atoms with van der Waals surface area (Å²) in [5.41, 5.74) is 2.00. The van der Waals surface area contributed by atoms with Crippen LogP contribution in [0.4, 0.5) is 5.69 Å². The molecule has 1 atom stereocenters. The number of carbonyl (C=O) groups excluding carboxylic acids is 2. The van der Waals surface area contributed by atoms with E-state index in [2.05, 4.69) is 0 Å². The number of benzene rings is 1. The third-order valence-electron chi connectivity index (χ3n) is 3.94. The minimum atomic E-state index is -0.740. The van der Waals surface area contributed by atoms with E-state index in [0.717, 1.165) is 18.5 Å². The van der Waals surface area contributed by atoms with Crippen LogP contribution >= 0.6 is 0 Å². The maximum Gasteiger partial charge on any atom is 0.336 e. The topological polar surface area (TPSA) is 55.8 Å². The highest BCUT2D eigenvalue weighted by atomic mass is 16.7. The molecule has 120 valence electrons. The number of nitrogens with zero attached hydrogens (tertiary/aromatic N) is 1. The van der Waals surface area contributed by atoms with Crippen LogP contribution < -0.4 is 4.90 Å². The van der Waals surface area contributed by atoms with E-state index in [1.54, 1.807) is 17.9 Å². The summed E-state index contributed by atoms with van der Waals surface area (Å²) in [6.45, 7) is 2.37. The highest BCUT2D eigenvalue weighted by Gasteiger charge is 2.25. The smallest absolute Gasteiger partial charge is 0.336 e. The van der Waals surface area contributed by atoms with E-state index in [4.69, 9.17) is 9.47 Å². The molecule has 1 unspecified atom stereocenters. The van der Waals surface area contributed by atoms with Crippen LogP contribution in [0.1, 0.15) is 26.2 Å². The summed E-state index contributed by atoms with van der Waals surface area (Å²) in [6, 6.07) is 9.60. The summed E-state index contributed by atoms with van der Waals surface area (Å²) in [5.74, 6) is -0.440. The van der Waals surface area contributed by atoms with Crippen LogP contribution in [-0.2, 0) is 19.1 Å². The van der Waals surface area contributed by atoms with Crippen molar-refractivity contribution >= 4 is 17.6 Å². The first-order valence-corrected chi connectivity index (χ1v) is 7.76. The lowest BCUT2D eigenvalue weighted by atomic mass is 10.1. The number of rotatable bonds is 3. The Morgan fingerprint density at radius 1 is 1.22 bits per heavy atom. The van der Waals surface area contributed by atoms with Crippen molar-refractivity contribution in [2.75, 3.05) is 11.4 Å². The summed E-state index contributed by atoms with van der Waals surface area (Å²) in [6.07, 6.45) is 4.83. The average Bonchev–Trinajstić information content (AvgIpc) is 2.77. The number of ether oxygens (including phenoxy) is 2. The number of esters is 1. The lowest BCUT2D eigenvalue weighted by Gasteiger charge is -2.21. The predicted molar refractivity (Wildman–Crippen MR) is 85.5 cm³/mol. The molecule has 1 saturated heterocycles. The van der Waals surface area contributed by atoms with E-state index >= 15 is 0 Å². The monoisotopic (exact) mass is 313 g/mol. The molecule has 2 aliphatic heterocycles. The van der Waals surface area contributed by atoms with Crippen LogP contribution in [0.2, 0.25) is 0 Å². The van der Waals surface area contributed by atoms with E-state index in [1.165, 1.54) is 6.26 Å². The van der Waals surface area contributed by atoms with Gasteiger partial charge in [-0.15, -0.1) is 0 Å². The van der Waals surface area contributed by atoms with Crippen molar-refractivity contribution in [3.8, 4) is 0 Å². The molecule has 1 aromatic carbocycles. The van der Waals surface area contributed by atoms with Crippen LogP contribution in [0.25, 0.3) is 0 Å². The first kappa shape index (κ1) is 15.3. The SMILES string of the molecule is CC1=CC(O/C=C2\CCCCN(c3ccccc3)C2=O)OC1=O. The molecule has 0 saturated carbocycles. The number of cyclic esters (lactones) is 1. The van der Waals surface area contributed by atoms with Gasteiger partial charge < -0.3 is 14.4 Å². The summed E-state index contributed by atoms with van der Waals surface area (Å²) in [4.78, 5) is 25.8. The largest absolute Gasteiger partial charge is 0.458 e. The first-order chi connectivity index (χ1) is 11.1. The van der Waals surface area contributed by atoms with Gasteiger partial charge in [0, 0.05) is 23.9 Å². The van der Waals surface area contributed by atoms with Gasteiger partial charge in [-0.25, -0.2) is 4.79 Å². The molecule has 1 amide bonds. The fourth-order valence-electron chi connectivity index (χ4n) is 2.65. The van der Waals surface area contributed by atoms with Crippen LogP contribution in [-0.4, -0.2) is 24.7 Å². The predicted octanol–water partition coefficient (Wildman–Crippen LogP) is 2.93. The number of anilines is 1. The Balaban J connectivity index is 1.75. The van der Waals surface area contributed by atoms with Crippen molar-refractivity contribution in [2.24, 2.45) is 0 Å². The van der Waals surface area contributed by atoms with Crippen molar-refractivity contribution < 1.29 is 19.1 Å². The van der Waals surface area contributed by atoms with Gasteiger partial charge in [0.2, 0.25) is 0 Å². The minimum Gasteiger partial charge on any atom is -0.458 e. The van der Waals surface area contributed by atoms with Gasteiger partial charge in [0.05, 0.1) is 11.8 Å². The van der Waals surface area contributed by atoms with Crippen molar-refractivity contribution in [1.29, 1.82) is 0 Å². The van der Waals surface area contributed by atoms with Crippen molar-refractivity contribution in [3.63, 3.8) is 0 Å². The van der Waals surface area contributed by atoms with E-state index in [9.17, 15) is 9.59 Å². The number of hydrogen-bond acceptors (Lipinski definition) is 4. The Morgan fingerprint density at radius 3 is 2.70 bits per heavy atom. The molecule has 0 radical (unpaired) electrons. The second kappa shape index (κ2) is 6.69. The zero-order valence-electron chi connectivity index (χ0n) is 13.0. The average molecular weight is 313 g/mol. The Labute approximate surface area is 135 Å². The molecular formula is C18H19NO4. The van der Waals surface area contributed by atoms with Crippen LogP contribution in [0.15, 0.2) is 53.8 Å². The number of para-hydroxylation sites is 1. The number of carbonyl (C=O) groups is 2. The molecule has 0 N–H and O–H groups in total. The standard InChI is InChI=1S/C18H19NO4/c1-13-11-16(23-18(13)21)22-12-14-7-5-6-10-19(17(14)20)15-8-3-2-4-9-15/h2-4,8-9,11-12,16H,5-7,10H2,1H3/b14-12+. The summed E-state index contributed by atoms with van der Waals surface area (Å²) < 4.78 is 10.5. The molecule has 23 heavy (non-hydrogen) atoms. The van der Waals surface area contributed by atoms with Crippen molar-refractivity contribution in [1.82, 2.24) is 0 Å². The number of hydrogen-bond donors (Lipinski definition) is 0. The van der Waals surface area contributed by atoms with Crippen LogP contribution in [0.5, 0.6) is 0 Å². The molecule has 1 fully saturated rings. The van der Waals surface area contributed by atoms with Crippen LogP contribution in [0, 0.1) is 0 Å². The van der Waals surface area contributed by atoms with Crippen molar-refractivity contribution in [2.45, 2.75) is 32.5 Å². The van der Waals surface area contributed by atoms with Gasteiger partial charge in [-0.3, -0.25) is 4.79 Å². The lowest BCUT2D eigenvalue weighted by molar-refractivity contribution is -0.152. The summed E-state index contributed by atoms with van der Waals surface area (Å²) in [5, 5.41) is 0. The first-order valence-electron chi connectivity index (χ1n) is 7.76. The second-order valence-electron chi connectivity index (χ2n) is 5.65. The molecule has 0 aromatic heterocycles. The third-order valence-corrected chi connectivity index (χ3v) is 3.94. The third kappa shape index (κ3) is 3.44. The molecule has 2 heterocycles. The maximum atomic E-state index is 12.7. The fourth-order valence-corrected chi connectivity index (χ4v) is 2.65. The summed E-state index contributed by atoms with van der Waals surface area (Å²) >= 11 is 0. The molecular weight excluding hydrogens is 294 g/mol. The Kier molecular flexibility index (Phi) is 4.46. The molecule has 2 aliphatic rings. The molecule has 0 spiro atoms. The zero-order chi connectivity index (χ0) is 16.2. The highest BCUT2D eigenvalue weighted by Crippen LogP contribution is 2.24. The Hall–Kier alpha value is -2.56. The second-order valence-corrected chi connectivity index (χ2v) is 5.65. The Morgan fingerprint density at radius 2 is 2.00 bits per heavy atom. The molecule has 0 bridgehead atoms. The molecule has 1 aromatic rings. The van der Waals surface area contributed by atoms with E-state index in [0.29, 0.717) is 24.1 Å². The van der Waals surface area contributed by atoms with Gasteiger partial charge in [0.25, 0.3) is 12.2 Å². The van der Waals surface area contributed by atoms with E-state index in [1.807, 2.05) is 30.3 Å². The maximum absolute atomic E-state index is 12.7. The van der Waals surface area contributed by atoms with Gasteiger partial charge in [-0.2, -0.15) is 0 Å². The minimum absolute atomic E-state index is 0.0567. The van der Waals surface area contributed by atoms with Gasteiger partial charge in [0.1, 0.15) is 0 Å². The van der Waals surface area contributed by atoms with Crippen LogP contribution in [0.3, 0.4) is 0 Å². The number of amides is 1. The Bertz CT molecular complexity index is 663. The summed E-state index contributed by atoms with van der Waals surface area (Å²) in [7, 11) is 0.